The van der Waals surface area contributed by atoms with Crippen molar-refractivity contribution in [3.8, 4) is 11.5 Å². The van der Waals surface area contributed by atoms with E-state index in [2.05, 4.69) is 21.2 Å². The summed E-state index contributed by atoms with van der Waals surface area (Å²) in [5, 5.41) is 8.72. The molecule has 0 heterocycles. The normalized spacial score (nSPS) is 10.4. The molecule has 0 atom stereocenters. The molecule has 0 spiro atoms. The number of hydrogen-bond donors (Lipinski definition) is 3. The first kappa shape index (κ1) is 22.4. The highest BCUT2D eigenvalue weighted by molar-refractivity contribution is 6.35. The van der Waals surface area contributed by atoms with Crippen molar-refractivity contribution >= 4 is 29.6 Å². The summed E-state index contributed by atoms with van der Waals surface area (Å²) >= 11 is 0. The third-order valence-corrected chi connectivity index (χ3v) is 4.24. The van der Waals surface area contributed by atoms with Crippen LogP contribution in [0.25, 0.3) is 0 Å². The third-order valence-electron chi connectivity index (χ3n) is 4.24. The lowest BCUT2D eigenvalue weighted by atomic mass is 10.1. The zero-order valence-electron chi connectivity index (χ0n) is 17.2. The van der Waals surface area contributed by atoms with Gasteiger partial charge in [0.1, 0.15) is 0 Å². The molecule has 0 aliphatic rings. The standard InChI is InChI=1S/C21H24N4O5/c1-13-6-5-7-16(14(13)2)24-19(26)12-30-17-9-8-15(10-18(17)29-4)11-23-25-21(28)20(27)22-3/h5-11H,12H2,1-4H3,(H,22,27)(H,24,26)(H,25,28)/b23-11-. The molecule has 9 heteroatoms. The van der Waals surface area contributed by atoms with E-state index in [9.17, 15) is 14.4 Å². The molecule has 158 valence electrons. The topological polar surface area (TPSA) is 118 Å². The fraction of sp³-hybridized carbons (Fsp3) is 0.238. The number of hydrazone groups is 1. The lowest BCUT2D eigenvalue weighted by Crippen LogP contribution is -2.35. The summed E-state index contributed by atoms with van der Waals surface area (Å²) in [6.45, 7) is 3.72. The summed E-state index contributed by atoms with van der Waals surface area (Å²) in [4.78, 5) is 34.7. The van der Waals surface area contributed by atoms with Crippen LogP contribution in [0, 0.1) is 13.8 Å². The van der Waals surface area contributed by atoms with Crippen molar-refractivity contribution in [2.45, 2.75) is 13.8 Å². The molecule has 0 unspecified atom stereocenters. The van der Waals surface area contributed by atoms with Gasteiger partial charge in [0.25, 0.3) is 5.91 Å². The van der Waals surface area contributed by atoms with Crippen LogP contribution in [0.2, 0.25) is 0 Å². The lowest BCUT2D eigenvalue weighted by molar-refractivity contribution is -0.138. The molecular formula is C21H24N4O5. The highest BCUT2D eigenvalue weighted by Gasteiger charge is 2.11. The number of hydrogen-bond acceptors (Lipinski definition) is 6. The number of ether oxygens (including phenoxy) is 2. The molecule has 0 bridgehead atoms. The molecule has 9 nitrogen and oxygen atoms in total. The molecule has 0 radical (unpaired) electrons. The van der Waals surface area contributed by atoms with Crippen molar-refractivity contribution in [2.24, 2.45) is 5.10 Å². The Morgan fingerprint density at radius 1 is 1.07 bits per heavy atom. The first-order valence-corrected chi connectivity index (χ1v) is 9.07. The smallest absolute Gasteiger partial charge is 0.329 e. The van der Waals surface area contributed by atoms with Crippen molar-refractivity contribution in [3.63, 3.8) is 0 Å². The summed E-state index contributed by atoms with van der Waals surface area (Å²) in [5.41, 5.74) is 5.51. The second-order valence-corrected chi connectivity index (χ2v) is 6.27. The average molecular weight is 412 g/mol. The molecule has 0 saturated carbocycles. The van der Waals surface area contributed by atoms with Gasteiger partial charge in [0.2, 0.25) is 0 Å². The Morgan fingerprint density at radius 3 is 2.53 bits per heavy atom. The first-order valence-electron chi connectivity index (χ1n) is 9.07. The summed E-state index contributed by atoms with van der Waals surface area (Å²) in [6, 6.07) is 10.6. The van der Waals surface area contributed by atoms with E-state index in [1.807, 2.05) is 32.0 Å². The Labute approximate surface area is 174 Å². The van der Waals surface area contributed by atoms with Crippen LogP contribution < -0.4 is 25.5 Å². The summed E-state index contributed by atoms with van der Waals surface area (Å²) in [5.74, 6) is -1.22. The largest absolute Gasteiger partial charge is 0.493 e. The van der Waals surface area contributed by atoms with E-state index in [4.69, 9.17) is 9.47 Å². The predicted octanol–water partition coefficient (Wildman–Crippen LogP) is 1.53. The molecule has 0 saturated heterocycles. The van der Waals surface area contributed by atoms with Crippen LogP contribution in [0.1, 0.15) is 16.7 Å². The molecule has 0 aliphatic heterocycles. The Kier molecular flexibility index (Phi) is 7.92. The minimum atomic E-state index is -0.879. The van der Waals surface area contributed by atoms with E-state index in [0.717, 1.165) is 16.8 Å². The van der Waals surface area contributed by atoms with Gasteiger partial charge < -0.3 is 20.1 Å². The minimum Gasteiger partial charge on any atom is -0.493 e. The van der Waals surface area contributed by atoms with Gasteiger partial charge in [0, 0.05) is 12.7 Å². The van der Waals surface area contributed by atoms with E-state index in [1.54, 1.807) is 18.2 Å². The molecule has 2 rings (SSSR count). The van der Waals surface area contributed by atoms with E-state index >= 15 is 0 Å². The number of likely N-dealkylation sites (N-methyl/N-ethyl adjacent to an activating group) is 1. The predicted molar refractivity (Wildman–Crippen MR) is 113 cm³/mol. The zero-order valence-corrected chi connectivity index (χ0v) is 17.2. The van der Waals surface area contributed by atoms with Crippen molar-refractivity contribution in [1.82, 2.24) is 10.7 Å². The van der Waals surface area contributed by atoms with Gasteiger partial charge in [-0.2, -0.15) is 5.10 Å². The number of anilines is 1. The third kappa shape index (κ3) is 6.06. The van der Waals surface area contributed by atoms with Crippen LogP contribution >= 0.6 is 0 Å². The zero-order chi connectivity index (χ0) is 22.1. The lowest BCUT2D eigenvalue weighted by Gasteiger charge is -2.13. The maximum Gasteiger partial charge on any atom is 0.329 e. The minimum absolute atomic E-state index is 0.195. The van der Waals surface area contributed by atoms with Gasteiger partial charge in [-0.25, -0.2) is 5.43 Å². The van der Waals surface area contributed by atoms with Gasteiger partial charge >= 0.3 is 11.8 Å². The summed E-state index contributed by atoms with van der Waals surface area (Å²) < 4.78 is 10.9. The second kappa shape index (κ2) is 10.6. The number of amides is 3. The Hall–Kier alpha value is -3.88. The number of carbonyl (C=O) groups is 3. The molecule has 30 heavy (non-hydrogen) atoms. The number of carbonyl (C=O) groups excluding carboxylic acids is 3. The van der Waals surface area contributed by atoms with Crippen molar-refractivity contribution in [3.05, 3.63) is 53.1 Å². The SMILES string of the molecule is CNC(=O)C(=O)N/N=C\c1ccc(OCC(=O)Nc2cccc(C)c2C)c(OC)c1. The van der Waals surface area contributed by atoms with E-state index < -0.39 is 11.8 Å². The van der Waals surface area contributed by atoms with Crippen LogP contribution in [-0.4, -0.2) is 44.7 Å². The molecular weight excluding hydrogens is 388 g/mol. The first-order chi connectivity index (χ1) is 14.3. The fourth-order valence-electron chi connectivity index (χ4n) is 2.43. The maximum absolute atomic E-state index is 12.2. The number of rotatable bonds is 7. The quantitative estimate of drug-likeness (QED) is 0.362. The molecule has 2 aromatic rings. The summed E-state index contributed by atoms with van der Waals surface area (Å²) in [7, 11) is 2.81. The van der Waals surface area contributed by atoms with Crippen molar-refractivity contribution in [2.75, 3.05) is 26.1 Å². The van der Waals surface area contributed by atoms with Crippen molar-refractivity contribution < 1.29 is 23.9 Å². The molecule has 3 N–H and O–H groups in total. The highest BCUT2D eigenvalue weighted by Crippen LogP contribution is 2.27. The molecule has 3 amide bonds. The Bertz CT molecular complexity index is 972. The van der Waals surface area contributed by atoms with Gasteiger partial charge in [0.05, 0.1) is 13.3 Å². The van der Waals surface area contributed by atoms with Crippen LogP contribution in [0.4, 0.5) is 5.69 Å². The van der Waals surface area contributed by atoms with Gasteiger partial charge in [-0.15, -0.1) is 0 Å². The van der Waals surface area contributed by atoms with E-state index in [-0.39, 0.29) is 12.5 Å². The van der Waals surface area contributed by atoms with Gasteiger partial charge in [-0.3, -0.25) is 14.4 Å². The van der Waals surface area contributed by atoms with Gasteiger partial charge in [0.15, 0.2) is 18.1 Å². The maximum atomic E-state index is 12.2. The monoisotopic (exact) mass is 412 g/mol. The van der Waals surface area contributed by atoms with Crippen LogP contribution in [-0.2, 0) is 14.4 Å². The van der Waals surface area contributed by atoms with Gasteiger partial charge in [-0.1, -0.05) is 12.1 Å². The Morgan fingerprint density at radius 2 is 1.83 bits per heavy atom. The number of aryl methyl sites for hydroxylation is 1. The molecule has 2 aromatic carbocycles. The number of benzene rings is 2. The van der Waals surface area contributed by atoms with Crippen molar-refractivity contribution in [1.29, 1.82) is 0 Å². The fourth-order valence-corrected chi connectivity index (χ4v) is 2.43. The molecule has 0 aromatic heterocycles. The van der Waals surface area contributed by atoms with Crippen LogP contribution in [0.15, 0.2) is 41.5 Å². The number of methoxy groups -OCH3 is 1. The van der Waals surface area contributed by atoms with Crippen LogP contribution in [0.5, 0.6) is 11.5 Å². The number of nitrogens with one attached hydrogen (secondary N) is 3. The van der Waals surface area contributed by atoms with Gasteiger partial charge in [-0.05, 0) is 54.8 Å². The van der Waals surface area contributed by atoms with E-state index in [1.165, 1.54) is 20.4 Å². The molecule has 0 aliphatic carbocycles. The molecule has 0 fully saturated rings. The average Bonchev–Trinajstić information content (AvgIpc) is 2.75. The Balaban J connectivity index is 1.98. The second-order valence-electron chi connectivity index (χ2n) is 6.27. The summed E-state index contributed by atoms with van der Waals surface area (Å²) in [6.07, 6.45) is 1.35. The highest BCUT2D eigenvalue weighted by atomic mass is 16.5. The number of nitrogens with zero attached hydrogens (tertiary/aromatic N) is 1. The van der Waals surface area contributed by atoms with Crippen LogP contribution in [0.3, 0.4) is 0 Å². The van der Waals surface area contributed by atoms with E-state index in [0.29, 0.717) is 17.1 Å².